The molecule has 0 radical (unpaired) electrons. The second-order valence-corrected chi connectivity index (χ2v) is 13.1. The Morgan fingerprint density at radius 2 is 1.85 bits per heavy atom. The van der Waals surface area contributed by atoms with E-state index >= 15 is 0 Å². The summed E-state index contributed by atoms with van der Waals surface area (Å²) in [5.41, 5.74) is 0.539. The van der Waals surface area contributed by atoms with Crippen LogP contribution in [0.15, 0.2) is 41.2 Å². The number of benzene rings is 2. The highest BCUT2D eigenvalue weighted by molar-refractivity contribution is 6.33. The summed E-state index contributed by atoms with van der Waals surface area (Å²) in [6.07, 6.45) is -5.65. The monoisotopic (exact) mass is 689 g/mol. The van der Waals surface area contributed by atoms with Gasteiger partial charge in [-0.1, -0.05) is 11.6 Å². The van der Waals surface area contributed by atoms with E-state index < -0.39 is 35.2 Å². The van der Waals surface area contributed by atoms with Gasteiger partial charge in [0.1, 0.15) is 23.3 Å². The summed E-state index contributed by atoms with van der Waals surface area (Å²) >= 11 is 6.14. The summed E-state index contributed by atoms with van der Waals surface area (Å²) in [5, 5.41) is 18.3. The molecule has 2 aromatic heterocycles. The lowest BCUT2D eigenvalue weighted by Crippen LogP contribution is -2.51. The number of amides is 1. The Morgan fingerprint density at radius 1 is 1.12 bits per heavy atom. The average molecular weight is 690 g/mol. The second kappa shape index (κ2) is 12.5. The zero-order chi connectivity index (χ0) is 34.5. The molecule has 2 N–H and O–H groups in total. The molecule has 16 heteroatoms. The molecule has 1 unspecified atom stereocenters. The Morgan fingerprint density at radius 3 is 2.52 bits per heavy atom. The van der Waals surface area contributed by atoms with Gasteiger partial charge in [0.15, 0.2) is 5.82 Å². The van der Waals surface area contributed by atoms with Crippen LogP contribution in [0.1, 0.15) is 37.6 Å². The number of nitrogens with zero attached hydrogens (tertiary/aromatic N) is 6. The van der Waals surface area contributed by atoms with Crippen molar-refractivity contribution < 1.29 is 32.5 Å². The Labute approximate surface area is 278 Å². The summed E-state index contributed by atoms with van der Waals surface area (Å²) in [6.45, 7) is 8.76. The van der Waals surface area contributed by atoms with Crippen molar-refractivity contribution in [1.29, 1.82) is 0 Å². The Hall–Kier alpha value is -4.50. The molecule has 4 aromatic rings. The Bertz CT molecular complexity index is 1930. The summed E-state index contributed by atoms with van der Waals surface area (Å²) in [6, 6.07) is 8.34. The molecular formula is C32H35ClF3N7O5. The van der Waals surface area contributed by atoms with Crippen molar-refractivity contribution in [3.05, 3.63) is 68.6 Å². The van der Waals surface area contributed by atoms with Gasteiger partial charge in [-0.25, -0.2) is 4.79 Å². The number of alkyl halides is 3. The van der Waals surface area contributed by atoms with Crippen molar-refractivity contribution in [1.82, 2.24) is 24.1 Å². The summed E-state index contributed by atoms with van der Waals surface area (Å²) < 4.78 is 53.5. The van der Waals surface area contributed by atoms with Gasteiger partial charge in [0.05, 0.1) is 29.4 Å². The number of hydrogen-bond donors (Lipinski definition) is 2. The normalized spacial score (nSPS) is 15.8. The number of piperazine rings is 1. The van der Waals surface area contributed by atoms with E-state index in [4.69, 9.17) is 26.1 Å². The van der Waals surface area contributed by atoms with Crippen LogP contribution in [0.3, 0.4) is 0 Å². The highest BCUT2D eigenvalue weighted by Gasteiger charge is 2.32. The number of carbonyl (C=O) groups excluding carboxylic acids is 1. The van der Waals surface area contributed by atoms with Gasteiger partial charge in [-0.2, -0.15) is 22.7 Å². The highest BCUT2D eigenvalue weighted by Crippen LogP contribution is 2.34. The first-order chi connectivity index (χ1) is 22.6. The number of halogens is 4. The smallest absolute Gasteiger partial charge is 0.416 e. The molecule has 48 heavy (non-hydrogen) atoms. The lowest BCUT2D eigenvalue weighted by Gasteiger charge is -2.37. The fourth-order valence-corrected chi connectivity index (χ4v) is 6.06. The minimum atomic E-state index is -4.58. The van der Waals surface area contributed by atoms with Gasteiger partial charge in [-0.3, -0.25) is 4.79 Å². The number of anilines is 2. The average Bonchev–Trinajstić information content (AvgIpc) is 3.67. The Kier molecular flexibility index (Phi) is 8.70. The number of rotatable bonds is 6. The van der Waals surface area contributed by atoms with Gasteiger partial charge >= 0.3 is 12.3 Å². The van der Waals surface area contributed by atoms with Gasteiger partial charge in [0.25, 0.3) is 5.56 Å². The van der Waals surface area contributed by atoms with Crippen molar-refractivity contribution in [2.75, 3.05) is 43.0 Å². The summed E-state index contributed by atoms with van der Waals surface area (Å²) in [5.74, 6) is 1.22. The quantitative estimate of drug-likeness (QED) is 0.270. The first-order valence-electron chi connectivity index (χ1n) is 15.4. The zero-order valence-electron chi connectivity index (χ0n) is 26.8. The van der Waals surface area contributed by atoms with E-state index in [1.807, 2.05) is 17.0 Å². The van der Waals surface area contributed by atoms with Crippen molar-refractivity contribution >= 4 is 34.8 Å². The van der Waals surface area contributed by atoms with E-state index in [0.717, 1.165) is 35.9 Å². The predicted molar refractivity (Wildman–Crippen MR) is 173 cm³/mol. The molecule has 12 nitrogen and oxygen atoms in total. The van der Waals surface area contributed by atoms with Crippen LogP contribution in [0.4, 0.5) is 29.3 Å². The minimum Gasteiger partial charge on any atom is -0.493 e. The maximum absolute atomic E-state index is 14.1. The van der Waals surface area contributed by atoms with Crippen LogP contribution in [0.25, 0.3) is 17.2 Å². The number of hydrogen-bond acceptors (Lipinski definition) is 9. The number of nitrogens with one attached hydrogen (secondary N) is 1. The molecule has 256 valence electrons. The van der Waals surface area contributed by atoms with E-state index in [1.165, 1.54) is 4.52 Å². The lowest BCUT2D eigenvalue weighted by molar-refractivity contribution is -0.137. The number of aromatic nitrogens is 4. The third-order valence-corrected chi connectivity index (χ3v) is 8.46. The molecule has 2 aliphatic heterocycles. The summed E-state index contributed by atoms with van der Waals surface area (Å²) in [4.78, 5) is 34.9. The molecule has 0 aliphatic carbocycles. The first kappa shape index (κ1) is 33.4. The van der Waals surface area contributed by atoms with Gasteiger partial charge in [0, 0.05) is 43.9 Å². The van der Waals surface area contributed by atoms with Crippen molar-refractivity contribution in [2.45, 2.75) is 58.7 Å². The molecule has 2 aliphatic rings. The number of aliphatic hydroxyl groups excluding tert-OH is 1. The fourth-order valence-electron chi connectivity index (χ4n) is 5.82. The molecule has 0 bridgehead atoms. The van der Waals surface area contributed by atoms with E-state index in [9.17, 15) is 27.9 Å². The van der Waals surface area contributed by atoms with Crippen LogP contribution in [-0.4, -0.2) is 79.9 Å². The molecular weight excluding hydrogens is 655 g/mol. The van der Waals surface area contributed by atoms with Crippen molar-refractivity contribution in [3.8, 4) is 17.1 Å². The number of carbonyl (C=O) groups is 1. The molecule has 1 amide bonds. The van der Waals surface area contributed by atoms with E-state index in [2.05, 4.69) is 10.4 Å². The zero-order valence-corrected chi connectivity index (χ0v) is 27.5. The summed E-state index contributed by atoms with van der Waals surface area (Å²) in [7, 11) is 0. The predicted octanol–water partition coefficient (Wildman–Crippen LogP) is 4.96. The third kappa shape index (κ3) is 6.74. The maximum atomic E-state index is 14.1. The Balaban J connectivity index is 1.35. The standard InChI is InChI=1S/C32H35ClF3N7O5/c1-18-26(40-10-12-41(13-11-40)30(46)48-31(2,3)4)28(45)43-29(38-27(39-43)20-5-8-24-19(15-20)9-14-47-24)42(18)17-25(44)37-23-7-6-21(16-22(23)33)32(34,35)36/h5-8,15-16,25,37,44H,9-14,17H2,1-4H3. The van der Waals surface area contributed by atoms with Gasteiger partial charge < -0.3 is 34.3 Å². The molecule has 1 saturated heterocycles. The minimum absolute atomic E-state index is 0.0906. The molecule has 4 heterocycles. The van der Waals surface area contributed by atoms with Gasteiger partial charge in [-0.15, -0.1) is 5.10 Å². The van der Waals surface area contributed by atoms with Crippen LogP contribution >= 0.6 is 11.6 Å². The number of fused-ring (bicyclic) bond motifs is 2. The molecule has 0 saturated carbocycles. The number of aliphatic hydroxyl groups is 1. The fraction of sp³-hybridized carbons (Fsp3) is 0.438. The van der Waals surface area contributed by atoms with Crippen LogP contribution < -0.4 is 20.5 Å². The van der Waals surface area contributed by atoms with E-state index in [1.54, 1.807) is 43.2 Å². The van der Waals surface area contributed by atoms with E-state index in [-0.39, 0.29) is 28.9 Å². The largest absolute Gasteiger partial charge is 0.493 e. The van der Waals surface area contributed by atoms with Crippen LogP contribution in [0.5, 0.6) is 5.75 Å². The second-order valence-electron chi connectivity index (χ2n) is 12.7. The van der Waals surface area contributed by atoms with Crippen molar-refractivity contribution in [2.24, 2.45) is 0 Å². The molecule has 2 aromatic carbocycles. The first-order valence-corrected chi connectivity index (χ1v) is 15.8. The topological polar surface area (TPSA) is 126 Å². The van der Waals surface area contributed by atoms with Crippen molar-refractivity contribution in [3.63, 3.8) is 0 Å². The van der Waals surface area contributed by atoms with Gasteiger partial charge in [0.2, 0.25) is 5.78 Å². The lowest BCUT2D eigenvalue weighted by atomic mass is 10.1. The molecule has 1 atom stereocenters. The molecule has 0 spiro atoms. The van der Waals surface area contributed by atoms with Crippen LogP contribution in [0, 0.1) is 6.92 Å². The number of ether oxygens (including phenoxy) is 2. The SMILES string of the molecule is Cc1c(N2CCN(C(=O)OC(C)(C)C)CC2)c(=O)n2nc(-c3ccc4c(c3)CCO4)nc2n1CC(O)Nc1ccc(C(F)(F)F)cc1Cl. The third-order valence-electron chi connectivity index (χ3n) is 8.14. The molecule has 6 rings (SSSR count). The van der Waals surface area contributed by atoms with Crippen LogP contribution in [0.2, 0.25) is 5.02 Å². The highest BCUT2D eigenvalue weighted by atomic mass is 35.5. The maximum Gasteiger partial charge on any atom is 0.416 e. The molecule has 1 fully saturated rings. The van der Waals surface area contributed by atoms with Crippen LogP contribution in [-0.2, 0) is 23.9 Å². The van der Waals surface area contributed by atoms with Gasteiger partial charge in [-0.05, 0) is 69.7 Å². The van der Waals surface area contributed by atoms with E-state index in [0.29, 0.717) is 49.7 Å².